The predicted molar refractivity (Wildman–Crippen MR) is 83.9 cm³/mol. The quantitative estimate of drug-likeness (QED) is 0.644. The summed E-state index contributed by atoms with van der Waals surface area (Å²) in [7, 11) is -3.60. The summed E-state index contributed by atoms with van der Waals surface area (Å²) in [4.78, 5) is 3.96. The number of ether oxygens (including phenoxy) is 1. The topological polar surface area (TPSA) is 80.3 Å². The minimum Gasteiger partial charge on any atom is -0.383 e. The van der Waals surface area contributed by atoms with Gasteiger partial charge in [-0.2, -0.15) is 0 Å². The third kappa shape index (κ3) is 6.41. The highest BCUT2D eigenvalue weighted by molar-refractivity contribution is 7.89. The first-order chi connectivity index (χ1) is 9.97. The molecule has 0 bridgehead atoms. The maximum absolute atomic E-state index is 12.2. The Balaban J connectivity index is 2.50. The Kier molecular flexibility index (Phi) is 7.63. The Morgan fingerprint density at radius 3 is 2.81 bits per heavy atom. The van der Waals surface area contributed by atoms with Gasteiger partial charge in [-0.05, 0) is 31.4 Å². The van der Waals surface area contributed by atoms with E-state index >= 15 is 0 Å². The molecule has 1 rings (SSSR count). The lowest BCUT2D eigenvalue weighted by Gasteiger charge is -2.11. The molecule has 0 radical (unpaired) electrons. The van der Waals surface area contributed by atoms with Crippen LogP contribution in [0.1, 0.15) is 27.2 Å². The fourth-order valence-electron chi connectivity index (χ4n) is 1.70. The van der Waals surface area contributed by atoms with Gasteiger partial charge < -0.3 is 10.1 Å². The van der Waals surface area contributed by atoms with E-state index in [-0.39, 0.29) is 5.03 Å². The number of aromatic nitrogens is 1. The van der Waals surface area contributed by atoms with Gasteiger partial charge >= 0.3 is 0 Å². The zero-order chi connectivity index (χ0) is 15.7. The number of rotatable bonds is 10. The van der Waals surface area contributed by atoms with Crippen LogP contribution in [0.2, 0.25) is 0 Å². The largest absolute Gasteiger partial charge is 0.383 e. The van der Waals surface area contributed by atoms with Crippen molar-refractivity contribution in [2.45, 2.75) is 32.2 Å². The Hall–Kier alpha value is -1.18. The van der Waals surface area contributed by atoms with Crippen molar-refractivity contribution >= 4 is 15.7 Å². The molecule has 1 aromatic heterocycles. The van der Waals surface area contributed by atoms with Crippen LogP contribution in [-0.4, -0.2) is 39.7 Å². The van der Waals surface area contributed by atoms with E-state index in [0.717, 1.165) is 0 Å². The minimum absolute atomic E-state index is 0.0370. The van der Waals surface area contributed by atoms with E-state index in [1.54, 1.807) is 12.1 Å². The molecule has 2 N–H and O–H groups in total. The van der Waals surface area contributed by atoms with Gasteiger partial charge in [0.05, 0.1) is 5.69 Å². The van der Waals surface area contributed by atoms with E-state index in [4.69, 9.17) is 4.74 Å². The molecule has 21 heavy (non-hydrogen) atoms. The molecule has 0 aliphatic heterocycles. The Morgan fingerprint density at radius 1 is 1.38 bits per heavy atom. The molecule has 120 valence electrons. The van der Waals surface area contributed by atoms with Crippen LogP contribution in [0.5, 0.6) is 0 Å². The van der Waals surface area contributed by atoms with Crippen molar-refractivity contribution in [2.75, 3.05) is 31.6 Å². The van der Waals surface area contributed by atoms with Crippen molar-refractivity contribution in [2.24, 2.45) is 5.92 Å². The Bertz CT molecular complexity index is 518. The Labute approximate surface area is 127 Å². The second-order valence-corrected chi connectivity index (χ2v) is 6.79. The molecule has 0 aliphatic rings. The van der Waals surface area contributed by atoms with Crippen molar-refractivity contribution in [1.29, 1.82) is 0 Å². The van der Waals surface area contributed by atoms with Gasteiger partial charge in [-0.15, -0.1) is 0 Å². The van der Waals surface area contributed by atoms with Gasteiger partial charge in [-0.25, -0.2) is 18.1 Å². The molecular weight excluding hydrogens is 290 g/mol. The summed E-state index contributed by atoms with van der Waals surface area (Å²) in [6, 6.07) is 3.41. The number of hydrogen-bond donors (Lipinski definition) is 2. The summed E-state index contributed by atoms with van der Waals surface area (Å²) >= 11 is 0. The van der Waals surface area contributed by atoms with Crippen LogP contribution in [0.4, 0.5) is 5.69 Å². The monoisotopic (exact) mass is 315 g/mol. The van der Waals surface area contributed by atoms with Crippen LogP contribution in [0.15, 0.2) is 23.4 Å². The van der Waals surface area contributed by atoms with Gasteiger partial charge in [0, 0.05) is 32.5 Å². The molecular formula is C14H25N3O3S. The number of sulfonamides is 1. The van der Waals surface area contributed by atoms with Crippen LogP contribution in [0, 0.1) is 5.92 Å². The lowest BCUT2D eigenvalue weighted by atomic mass is 10.2. The van der Waals surface area contributed by atoms with Crippen molar-refractivity contribution in [1.82, 2.24) is 9.71 Å². The summed E-state index contributed by atoms with van der Waals surface area (Å²) < 4.78 is 32.4. The lowest BCUT2D eigenvalue weighted by molar-refractivity contribution is 0.108. The number of anilines is 1. The lowest BCUT2D eigenvalue weighted by Crippen LogP contribution is -2.27. The SMILES string of the molecule is CCNc1cccnc1S(=O)(=O)NCCCOCC(C)C. The molecule has 0 saturated heterocycles. The molecule has 6 nitrogen and oxygen atoms in total. The highest BCUT2D eigenvalue weighted by Gasteiger charge is 2.19. The van der Waals surface area contributed by atoms with Gasteiger partial charge in [0.1, 0.15) is 0 Å². The summed E-state index contributed by atoms with van der Waals surface area (Å²) in [6.07, 6.45) is 2.11. The average Bonchev–Trinajstić information content (AvgIpc) is 2.43. The number of nitrogens with one attached hydrogen (secondary N) is 2. The highest BCUT2D eigenvalue weighted by atomic mass is 32.2. The van der Waals surface area contributed by atoms with E-state index in [1.807, 2.05) is 6.92 Å². The fourth-order valence-corrected chi connectivity index (χ4v) is 2.88. The molecule has 0 amide bonds. The summed E-state index contributed by atoms with van der Waals surface area (Å²) in [6.45, 7) is 8.27. The maximum Gasteiger partial charge on any atom is 0.260 e. The molecule has 1 aromatic rings. The number of hydrogen-bond acceptors (Lipinski definition) is 5. The van der Waals surface area contributed by atoms with Gasteiger partial charge in [-0.3, -0.25) is 0 Å². The summed E-state index contributed by atoms with van der Waals surface area (Å²) in [5.41, 5.74) is 0.517. The molecule has 0 aliphatic carbocycles. The van der Waals surface area contributed by atoms with E-state index in [0.29, 0.717) is 44.3 Å². The first kappa shape index (κ1) is 17.9. The third-order valence-corrected chi connectivity index (χ3v) is 4.02. The first-order valence-electron chi connectivity index (χ1n) is 7.23. The number of nitrogens with zero attached hydrogens (tertiary/aromatic N) is 1. The zero-order valence-corrected chi connectivity index (χ0v) is 13.7. The molecule has 0 spiro atoms. The molecule has 0 fully saturated rings. The van der Waals surface area contributed by atoms with Crippen molar-refractivity contribution < 1.29 is 13.2 Å². The van der Waals surface area contributed by atoms with E-state index < -0.39 is 10.0 Å². The van der Waals surface area contributed by atoms with Crippen LogP contribution < -0.4 is 10.0 Å². The predicted octanol–water partition coefficient (Wildman–Crippen LogP) is 1.85. The molecule has 0 aromatic carbocycles. The molecule has 7 heteroatoms. The minimum atomic E-state index is -3.60. The standard InChI is InChI=1S/C14H25N3O3S/c1-4-15-13-7-5-8-16-14(13)21(18,19)17-9-6-10-20-11-12(2)3/h5,7-8,12,15,17H,4,6,9-11H2,1-3H3. The molecule has 0 saturated carbocycles. The van der Waals surface area contributed by atoms with Gasteiger partial charge in [0.25, 0.3) is 10.0 Å². The van der Waals surface area contributed by atoms with Crippen LogP contribution in [0.25, 0.3) is 0 Å². The average molecular weight is 315 g/mol. The molecule has 1 heterocycles. The normalized spacial score (nSPS) is 11.8. The second kappa shape index (κ2) is 8.96. The van der Waals surface area contributed by atoms with Gasteiger partial charge in [0.15, 0.2) is 5.03 Å². The molecule has 0 unspecified atom stereocenters. The third-order valence-electron chi connectivity index (χ3n) is 2.60. The smallest absolute Gasteiger partial charge is 0.260 e. The summed E-state index contributed by atoms with van der Waals surface area (Å²) in [5.74, 6) is 0.484. The Morgan fingerprint density at radius 2 is 2.14 bits per heavy atom. The second-order valence-electron chi connectivity index (χ2n) is 5.11. The van der Waals surface area contributed by atoms with E-state index in [1.165, 1.54) is 6.20 Å². The van der Waals surface area contributed by atoms with Gasteiger partial charge in [0.2, 0.25) is 0 Å². The van der Waals surface area contributed by atoms with Crippen LogP contribution in [-0.2, 0) is 14.8 Å². The van der Waals surface area contributed by atoms with E-state index in [9.17, 15) is 8.42 Å². The fraction of sp³-hybridized carbons (Fsp3) is 0.643. The van der Waals surface area contributed by atoms with Crippen molar-refractivity contribution in [3.63, 3.8) is 0 Å². The molecule has 0 atom stereocenters. The maximum atomic E-state index is 12.2. The van der Waals surface area contributed by atoms with Crippen LogP contribution in [0.3, 0.4) is 0 Å². The van der Waals surface area contributed by atoms with Crippen LogP contribution >= 0.6 is 0 Å². The van der Waals surface area contributed by atoms with Crippen molar-refractivity contribution in [3.05, 3.63) is 18.3 Å². The number of pyridine rings is 1. The summed E-state index contributed by atoms with van der Waals surface area (Å²) in [5, 5.41) is 3.04. The van der Waals surface area contributed by atoms with Gasteiger partial charge in [-0.1, -0.05) is 13.8 Å². The van der Waals surface area contributed by atoms with Crippen molar-refractivity contribution in [3.8, 4) is 0 Å². The van der Waals surface area contributed by atoms with E-state index in [2.05, 4.69) is 28.9 Å². The first-order valence-corrected chi connectivity index (χ1v) is 8.72. The zero-order valence-electron chi connectivity index (χ0n) is 12.9. The highest BCUT2D eigenvalue weighted by Crippen LogP contribution is 2.17.